The number of aryl methyl sites for hydroxylation is 1. The van der Waals surface area contributed by atoms with Crippen molar-refractivity contribution < 1.29 is 31.9 Å². The number of anilines is 1. The molecule has 2 aromatic carbocycles. The van der Waals surface area contributed by atoms with Crippen LogP contribution in [0.2, 0.25) is 0 Å². The molecule has 0 saturated carbocycles. The molecule has 150 valence electrons. The van der Waals surface area contributed by atoms with Gasteiger partial charge in [0.25, 0.3) is 5.91 Å². The summed E-state index contributed by atoms with van der Waals surface area (Å²) in [6.07, 6.45) is 0. The normalized spacial score (nSPS) is 10.8. The van der Waals surface area contributed by atoms with E-state index in [4.69, 9.17) is 9.15 Å². The van der Waals surface area contributed by atoms with Crippen LogP contribution < -0.4 is 15.7 Å². The summed E-state index contributed by atoms with van der Waals surface area (Å²) in [5.74, 6) is -6.04. The van der Waals surface area contributed by atoms with Crippen molar-refractivity contribution in [3.8, 4) is 5.75 Å². The maximum absolute atomic E-state index is 13.6. The van der Waals surface area contributed by atoms with Gasteiger partial charge in [0.15, 0.2) is 35.4 Å². The molecule has 1 heterocycles. The molecule has 0 saturated heterocycles. The minimum atomic E-state index is -1.72. The predicted molar refractivity (Wildman–Crippen MR) is 97.7 cm³/mol. The lowest BCUT2D eigenvalue weighted by Crippen LogP contribution is -2.22. The third-order valence-electron chi connectivity index (χ3n) is 4.10. The summed E-state index contributed by atoms with van der Waals surface area (Å²) in [6.45, 7) is 2.24. The topological polar surface area (TPSA) is 85.6 Å². The first-order valence-corrected chi connectivity index (χ1v) is 8.33. The predicted octanol–water partition coefficient (Wildman–Crippen LogP) is 3.74. The van der Waals surface area contributed by atoms with Crippen molar-refractivity contribution in [2.24, 2.45) is 0 Å². The van der Waals surface area contributed by atoms with E-state index in [1.54, 1.807) is 13.0 Å². The quantitative estimate of drug-likeness (QED) is 0.397. The van der Waals surface area contributed by atoms with Crippen LogP contribution in [0.1, 0.15) is 22.8 Å². The van der Waals surface area contributed by atoms with Crippen molar-refractivity contribution in [2.75, 3.05) is 11.9 Å². The zero-order valence-corrected chi connectivity index (χ0v) is 15.3. The van der Waals surface area contributed by atoms with E-state index in [9.17, 15) is 27.6 Å². The average Bonchev–Trinajstić information content (AvgIpc) is 2.65. The first-order valence-electron chi connectivity index (χ1n) is 8.33. The van der Waals surface area contributed by atoms with Gasteiger partial charge in [0, 0.05) is 11.5 Å². The minimum absolute atomic E-state index is 0.0204. The summed E-state index contributed by atoms with van der Waals surface area (Å²) < 4.78 is 50.3. The van der Waals surface area contributed by atoms with Crippen LogP contribution in [0.5, 0.6) is 5.75 Å². The van der Waals surface area contributed by atoms with E-state index in [0.717, 1.165) is 6.07 Å². The lowest BCUT2D eigenvalue weighted by atomic mass is 10.0. The fraction of sp³-hybridized carbons (Fsp3) is 0.150. The van der Waals surface area contributed by atoms with Gasteiger partial charge in [-0.2, -0.15) is 0 Å². The molecule has 1 N–H and O–H groups in total. The Morgan fingerprint density at radius 3 is 2.52 bits per heavy atom. The monoisotopic (exact) mass is 405 g/mol. The van der Waals surface area contributed by atoms with E-state index in [1.165, 1.54) is 19.1 Å². The fourth-order valence-corrected chi connectivity index (χ4v) is 2.77. The maximum atomic E-state index is 13.6. The van der Waals surface area contributed by atoms with E-state index in [1.807, 2.05) is 5.32 Å². The molecule has 29 heavy (non-hydrogen) atoms. The van der Waals surface area contributed by atoms with Crippen molar-refractivity contribution in [3.05, 3.63) is 69.3 Å². The number of hydrogen-bond donors (Lipinski definition) is 1. The number of nitrogens with one attached hydrogen (secondary N) is 1. The van der Waals surface area contributed by atoms with E-state index in [2.05, 4.69) is 0 Å². The summed E-state index contributed by atoms with van der Waals surface area (Å²) in [5.41, 5.74) is -0.635. The van der Waals surface area contributed by atoms with E-state index in [0.29, 0.717) is 17.0 Å². The number of ketones is 1. The first-order chi connectivity index (χ1) is 13.7. The molecule has 0 bridgehead atoms. The van der Waals surface area contributed by atoms with Gasteiger partial charge in [-0.05, 0) is 43.7 Å². The van der Waals surface area contributed by atoms with Gasteiger partial charge in [-0.3, -0.25) is 9.59 Å². The van der Waals surface area contributed by atoms with Crippen LogP contribution in [-0.4, -0.2) is 18.3 Å². The summed E-state index contributed by atoms with van der Waals surface area (Å²) in [4.78, 5) is 35.8. The molecular formula is C20H14F3NO5. The SMILES string of the molecule is CC(=O)c1c(OCC(=O)Nc2ccc(F)c(F)c2F)ccc2c(C)cc(=O)oc12. The third-order valence-corrected chi connectivity index (χ3v) is 4.10. The Morgan fingerprint density at radius 1 is 1.10 bits per heavy atom. The number of ether oxygens (including phenoxy) is 1. The molecule has 0 aliphatic heterocycles. The molecule has 0 aliphatic carbocycles. The molecule has 0 unspecified atom stereocenters. The average molecular weight is 405 g/mol. The van der Waals surface area contributed by atoms with Crippen molar-refractivity contribution in [1.29, 1.82) is 0 Å². The van der Waals surface area contributed by atoms with Crippen LogP contribution in [0.15, 0.2) is 39.5 Å². The smallest absolute Gasteiger partial charge is 0.336 e. The number of benzene rings is 2. The van der Waals surface area contributed by atoms with Crippen LogP contribution in [-0.2, 0) is 4.79 Å². The van der Waals surface area contributed by atoms with Crippen LogP contribution in [0, 0.1) is 24.4 Å². The van der Waals surface area contributed by atoms with E-state index < -0.39 is 47.1 Å². The van der Waals surface area contributed by atoms with Crippen LogP contribution in [0.25, 0.3) is 11.0 Å². The molecule has 0 spiro atoms. The molecule has 0 fully saturated rings. The second-order valence-electron chi connectivity index (χ2n) is 6.18. The van der Waals surface area contributed by atoms with Gasteiger partial charge in [0.05, 0.1) is 5.69 Å². The van der Waals surface area contributed by atoms with Crippen LogP contribution >= 0.6 is 0 Å². The number of amides is 1. The molecule has 0 atom stereocenters. The number of fused-ring (bicyclic) bond motifs is 1. The lowest BCUT2D eigenvalue weighted by Gasteiger charge is -2.13. The van der Waals surface area contributed by atoms with Gasteiger partial charge in [-0.25, -0.2) is 18.0 Å². The Bertz CT molecular complexity index is 1200. The maximum Gasteiger partial charge on any atom is 0.336 e. The molecule has 0 aliphatic rings. The van der Waals surface area contributed by atoms with Gasteiger partial charge < -0.3 is 14.5 Å². The zero-order valence-electron chi connectivity index (χ0n) is 15.3. The van der Waals surface area contributed by atoms with Crippen LogP contribution in [0.3, 0.4) is 0 Å². The minimum Gasteiger partial charge on any atom is -0.483 e. The van der Waals surface area contributed by atoms with Gasteiger partial charge >= 0.3 is 5.63 Å². The summed E-state index contributed by atoms with van der Waals surface area (Å²) in [6, 6.07) is 5.78. The summed E-state index contributed by atoms with van der Waals surface area (Å²) in [5, 5.41) is 2.57. The van der Waals surface area contributed by atoms with Gasteiger partial charge in [-0.1, -0.05) is 0 Å². The van der Waals surface area contributed by atoms with E-state index >= 15 is 0 Å². The third kappa shape index (κ3) is 3.98. The molecule has 3 aromatic rings. The Kier molecular flexibility index (Phi) is 5.40. The molecular weight excluding hydrogens is 391 g/mol. The highest BCUT2D eigenvalue weighted by Gasteiger charge is 2.19. The second-order valence-corrected chi connectivity index (χ2v) is 6.18. The molecule has 9 heteroatoms. The van der Waals surface area contributed by atoms with Crippen molar-refractivity contribution in [2.45, 2.75) is 13.8 Å². The van der Waals surface area contributed by atoms with Crippen molar-refractivity contribution in [3.63, 3.8) is 0 Å². The Morgan fingerprint density at radius 2 is 1.83 bits per heavy atom. The summed E-state index contributed by atoms with van der Waals surface area (Å²) >= 11 is 0. The highest BCUT2D eigenvalue weighted by atomic mass is 19.2. The van der Waals surface area contributed by atoms with Gasteiger partial charge in [-0.15, -0.1) is 0 Å². The molecule has 1 aromatic heterocycles. The van der Waals surface area contributed by atoms with Crippen LogP contribution in [0.4, 0.5) is 18.9 Å². The first kappa shape index (κ1) is 20.1. The van der Waals surface area contributed by atoms with Crippen molar-refractivity contribution in [1.82, 2.24) is 0 Å². The second kappa shape index (κ2) is 7.78. The number of halogens is 3. The Balaban J connectivity index is 1.86. The standard InChI is InChI=1S/C20H14F3NO5/c1-9-7-16(27)29-20-11(9)3-6-14(17(20)10(2)25)28-8-15(26)24-13-5-4-12(21)18(22)19(13)23/h3-7H,8H2,1-2H3,(H,24,26). The van der Waals surface area contributed by atoms with Gasteiger partial charge in [0.2, 0.25) is 0 Å². The number of carbonyl (C=O) groups excluding carboxylic acids is 2. The Hall–Kier alpha value is -3.62. The lowest BCUT2D eigenvalue weighted by molar-refractivity contribution is -0.118. The van der Waals surface area contributed by atoms with Crippen molar-refractivity contribution >= 4 is 28.3 Å². The highest BCUT2D eigenvalue weighted by Crippen LogP contribution is 2.29. The Labute approximate surface area is 161 Å². The number of hydrogen-bond acceptors (Lipinski definition) is 5. The molecule has 0 radical (unpaired) electrons. The number of carbonyl (C=O) groups is 2. The molecule has 3 rings (SSSR count). The van der Waals surface area contributed by atoms with E-state index in [-0.39, 0.29) is 16.9 Å². The largest absolute Gasteiger partial charge is 0.483 e. The highest BCUT2D eigenvalue weighted by molar-refractivity contribution is 6.08. The molecule has 6 nitrogen and oxygen atoms in total. The molecule has 1 amide bonds. The zero-order chi connectivity index (χ0) is 21.3. The summed E-state index contributed by atoms with van der Waals surface area (Å²) in [7, 11) is 0. The number of Topliss-reactive ketones (excluding diaryl/α,β-unsaturated/α-hetero) is 1. The number of rotatable bonds is 5. The fourth-order valence-electron chi connectivity index (χ4n) is 2.77. The van der Waals surface area contributed by atoms with Gasteiger partial charge in [0.1, 0.15) is 11.3 Å².